The first-order valence-corrected chi connectivity index (χ1v) is 6.87. The summed E-state index contributed by atoms with van der Waals surface area (Å²) >= 11 is 0. The average Bonchev–Trinajstić information content (AvgIpc) is 2.79. The van der Waals surface area contributed by atoms with Gasteiger partial charge in [0.15, 0.2) is 5.58 Å². The second-order valence-corrected chi connectivity index (χ2v) is 5.12. The van der Waals surface area contributed by atoms with Crippen molar-refractivity contribution in [2.24, 2.45) is 0 Å². The van der Waals surface area contributed by atoms with Gasteiger partial charge in [-0.05, 0) is 37.1 Å². The van der Waals surface area contributed by atoms with Crippen LogP contribution in [0.2, 0.25) is 0 Å². The van der Waals surface area contributed by atoms with Gasteiger partial charge in [0.2, 0.25) is 0 Å². The Morgan fingerprint density at radius 3 is 3.16 bits per heavy atom. The molecule has 1 aromatic carbocycles. The number of fused-ring (bicyclic) bond motifs is 1. The molecule has 2 aromatic rings. The lowest BCUT2D eigenvalue weighted by Crippen LogP contribution is -2.41. The fraction of sp³-hybridized carbons (Fsp3) is 0.500. The SMILES string of the molecule is O=c1[nH]c2ccc(CNCC3CCCCN3)cc2o1. The van der Waals surface area contributed by atoms with Gasteiger partial charge >= 0.3 is 5.76 Å². The molecule has 5 heteroatoms. The van der Waals surface area contributed by atoms with E-state index in [9.17, 15) is 4.79 Å². The minimum absolute atomic E-state index is 0.397. The van der Waals surface area contributed by atoms with Gasteiger partial charge in [0, 0.05) is 19.1 Å². The number of aromatic nitrogens is 1. The van der Waals surface area contributed by atoms with Crippen LogP contribution >= 0.6 is 0 Å². The van der Waals surface area contributed by atoms with Gasteiger partial charge in [-0.1, -0.05) is 12.5 Å². The molecule has 5 nitrogen and oxygen atoms in total. The van der Waals surface area contributed by atoms with Gasteiger partial charge in [-0.3, -0.25) is 4.98 Å². The fourth-order valence-electron chi connectivity index (χ4n) is 2.59. The standard InChI is InChI=1S/C14H19N3O2/c18-14-17-12-5-4-10(7-13(12)19-14)8-15-9-11-3-1-2-6-16-11/h4-5,7,11,15-16H,1-3,6,8-9H2,(H,17,18). The molecule has 3 N–H and O–H groups in total. The predicted octanol–water partition coefficient (Wildman–Crippen LogP) is 1.35. The smallest absolute Gasteiger partial charge is 0.408 e. The third-order valence-corrected chi connectivity index (χ3v) is 3.62. The summed E-state index contributed by atoms with van der Waals surface area (Å²) in [5, 5.41) is 6.96. The first-order chi connectivity index (χ1) is 9.31. The topological polar surface area (TPSA) is 70.1 Å². The number of nitrogens with one attached hydrogen (secondary N) is 3. The Morgan fingerprint density at radius 1 is 1.37 bits per heavy atom. The van der Waals surface area contributed by atoms with Gasteiger partial charge in [-0.2, -0.15) is 0 Å². The maximum Gasteiger partial charge on any atom is 0.417 e. The minimum Gasteiger partial charge on any atom is -0.408 e. The quantitative estimate of drug-likeness (QED) is 0.777. The number of hydrogen-bond donors (Lipinski definition) is 3. The molecule has 2 heterocycles. The summed E-state index contributed by atoms with van der Waals surface area (Å²) in [6.45, 7) is 2.91. The molecule has 3 rings (SSSR count). The Kier molecular flexibility index (Phi) is 3.66. The van der Waals surface area contributed by atoms with Crippen LogP contribution in [0.1, 0.15) is 24.8 Å². The number of H-pyrrole nitrogens is 1. The van der Waals surface area contributed by atoms with Crippen LogP contribution in [-0.4, -0.2) is 24.1 Å². The molecule has 0 bridgehead atoms. The van der Waals surface area contributed by atoms with E-state index in [2.05, 4.69) is 15.6 Å². The van der Waals surface area contributed by atoms with Crippen LogP contribution < -0.4 is 16.4 Å². The molecule has 0 saturated carbocycles. The number of piperidine rings is 1. The molecule has 1 aliphatic heterocycles. The zero-order valence-electron chi connectivity index (χ0n) is 10.9. The Morgan fingerprint density at radius 2 is 2.32 bits per heavy atom. The largest absolute Gasteiger partial charge is 0.417 e. The Hall–Kier alpha value is -1.59. The van der Waals surface area contributed by atoms with E-state index >= 15 is 0 Å². The summed E-state index contributed by atoms with van der Waals surface area (Å²) in [7, 11) is 0. The van der Waals surface area contributed by atoms with Crippen molar-refractivity contribution in [1.29, 1.82) is 0 Å². The molecule has 1 fully saturated rings. The van der Waals surface area contributed by atoms with Crippen LogP contribution in [0.15, 0.2) is 27.4 Å². The molecule has 0 spiro atoms. The van der Waals surface area contributed by atoms with E-state index in [0.717, 1.165) is 30.7 Å². The van der Waals surface area contributed by atoms with Gasteiger partial charge in [0.05, 0.1) is 5.52 Å². The second-order valence-electron chi connectivity index (χ2n) is 5.12. The van der Waals surface area contributed by atoms with Crippen molar-refractivity contribution < 1.29 is 4.42 Å². The van der Waals surface area contributed by atoms with E-state index in [1.165, 1.54) is 19.3 Å². The Labute approximate surface area is 111 Å². The van der Waals surface area contributed by atoms with Crippen LogP contribution in [0, 0.1) is 0 Å². The van der Waals surface area contributed by atoms with Crippen molar-refractivity contribution in [2.75, 3.05) is 13.1 Å². The summed E-state index contributed by atoms with van der Waals surface area (Å²) < 4.78 is 5.05. The molecule has 102 valence electrons. The van der Waals surface area contributed by atoms with Crippen molar-refractivity contribution in [3.05, 3.63) is 34.3 Å². The normalized spacial score (nSPS) is 19.9. The lowest BCUT2D eigenvalue weighted by atomic mass is 10.1. The summed E-state index contributed by atoms with van der Waals surface area (Å²) in [5.74, 6) is -0.397. The van der Waals surface area contributed by atoms with Crippen molar-refractivity contribution in [3.8, 4) is 0 Å². The van der Waals surface area contributed by atoms with Crippen LogP contribution in [0.25, 0.3) is 11.1 Å². The number of oxazole rings is 1. The maximum absolute atomic E-state index is 11.1. The second kappa shape index (κ2) is 5.59. The first kappa shape index (κ1) is 12.4. The molecule has 1 aromatic heterocycles. The Balaban J connectivity index is 1.57. The molecule has 1 saturated heterocycles. The molecule has 0 aliphatic carbocycles. The molecule has 0 radical (unpaired) electrons. The molecule has 19 heavy (non-hydrogen) atoms. The van der Waals surface area contributed by atoms with E-state index in [4.69, 9.17) is 4.42 Å². The van der Waals surface area contributed by atoms with Gasteiger partial charge < -0.3 is 15.1 Å². The van der Waals surface area contributed by atoms with Crippen molar-refractivity contribution in [2.45, 2.75) is 31.8 Å². The third kappa shape index (κ3) is 3.05. The van der Waals surface area contributed by atoms with Gasteiger partial charge in [-0.15, -0.1) is 0 Å². The number of hydrogen-bond acceptors (Lipinski definition) is 4. The minimum atomic E-state index is -0.397. The van der Waals surface area contributed by atoms with Crippen LogP contribution in [-0.2, 0) is 6.54 Å². The summed E-state index contributed by atoms with van der Waals surface area (Å²) in [5.41, 5.74) is 2.51. The highest BCUT2D eigenvalue weighted by Crippen LogP contribution is 2.12. The molecular weight excluding hydrogens is 242 g/mol. The van der Waals surface area contributed by atoms with Gasteiger partial charge in [0.1, 0.15) is 0 Å². The van der Waals surface area contributed by atoms with Crippen LogP contribution in [0.4, 0.5) is 0 Å². The molecular formula is C14H19N3O2. The third-order valence-electron chi connectivity index (χ3n) is 3.62. The highest BCUT2D eigenvalue weighted by Gasteiger charge is 2.11. The number of benzene rings is 1. The van der Waals surface area contributed by atoms with Crippen LogP contribution in [0.3, 0.4) is 0 Å². The zero-order chi connectivity index (χ0) is 13.1. The molecule has 0 amide bonds. The Bertz CT molecular complexity index is 596. The summed E-state index contributed by atoms with van der Waals surface area (Å²) in [6.07, 6.45) is 3.86. The van der Waals surface area contributed by atoms with E-state index < -0.39 is 5.76 Å². The lowest BCUT2D eigenvalue weighted by Gasteiger charge is -2.23. The molecule has 1 unspecified atom stereocenters. The van der Waals surface area contributed by atoms with Crippen molar-refractivity contribution >= 4 is 11.1 Å². The number of rotatable bonds is 4. The first-order valence-electron chi connectivity index (χ1n) is 6.87. The molecule has 1 atom stereocenters. The van der Waals surface area contributed by atoms with Crippen LogP contribution in [0.5, 0.6) is 0 Å². The van der Waals surface area contributed by atoms with Crippen molar-refractivity contribution in [3.63, 3.8) is 0 Å². The number of aromatic amines is 1. The predicted molar refractivity (Wildman–Crippen MR) is 74.2 cm³/mol. The zero-order valence-corrected chi connectivity index (χ0v) is 10.9. The van der Waals surface area contributed by atoms with Gasteiger partial charge in [-0.25, -0.2) is 4.79 Å². The van der Waals surface area contributed by atoms with E-state index in [0.29, 0.717) is 11.6 Å². The van der Waals surface area contributed by atoms with E-state index in [1.54, 1.807) is 0 Å². The highest BCUT2D eigenvalue weighted by atomic mass is 16.4. The maximum atomic E-state index is 11.1. The monoisotopic (exact) mass is 261 g/mol. The average molecular weight is 261 g/mol. The fourth-order valence-corrected chi connectivity index (χ4v) is 2.59. The summed E-state index contributed by atoms with van der Waals surface area (Å²) in [4.78, 5) is 13.7. The van der Waals surface area contributed by atoms with Crippen molar-refractivity contribution in [1.82, 2.24) is 15.6 Å². The highest BCUT2D eigenvalue weighted by molar-refractivity contribution is 5.72. The van der Waals surface area contributed by atoms with Gasteiger partial charge in [0.25, 0.3) is 0 Å². The van der Waals surface area contributed by atoms with E-state index in [-0.39, 0.29) is 0 Å². The summed E-state index contributed by atoms with van der Waals surface area (Å²) in [6, 6.07) is 6.39. The lowest BCUT2D eigenvalue weighted by molar-refractivity contribution is 0.383. The molecule has 1 aliphatic rings. The van der Waals surface area contributed by atoms with E-state index in [1.807, 2.05) is 18.2 Å².